The molecule has 0 bridgehead atoms. The van der Waals surface area contributed by atoms with E-state index in [9.17, 15) is 13.2 Å². The van der Waals surface area contributed by atoms with Gasteiger partial charge in [-0.25, -0.2) is 0 Å². The lowest BCUT2D eigenvalue weighted by Gasteiger charge is -2.30. The summed E-state index contributed by atoms with van der Waals surface area (Å²) in [6, 6.07) is 3.73. The first-order chi connectivity index (χ1) is 9.88. The fourth-order valence-corrected chi connectivity index (χ4v) is 4.71. The first kappa shape index (κ1) is 16.4. The molecule has 2 N–H and O–H groups in total. The van der Waals surface area contributed by atoms with Crippen molar-refractivity contribution in [3.63, 3.8) is 0 Å². The predicted molar refractivity (Wildman–Crippen MR) is 81.5 cm³/mol. The van der Waals surface area contributed by atoms with Crippen LogP contribution in [-0.2, 0) is 21.4 Å². The summed E-state index contributed by atoms with van der Waals surface area (Å²) in [5, 5.41) is 10.9. The Labute approximate surface area is 129 Å². The van der Waals surface area contributed by atoms with Crippen molar-refractivity contribution in [1.82, 2.24) is 9.03 Å². The van der Waals surface area contributed by atoms with Gasteiger partial charge in [0.15, 0.2) is 0 Å². The van der Waals surface area contributed by atoms with Gasteiger partial charge in [0.05, 0.1) is 5.92 Å². The van der Waals surface area contributed by atoms with E-state index < -0.39 is 22.1 Å². The van der Waals surface area contributed by atoms with Gasteiger partial charge in [0.25, 0.3) is 10.2 Å². The smallest absolute Gasteiger partial charge is 0.306 e. The summed E-state index contributed by atoms with van der Waals surface area (Å²) >= 11 is 1.60. The average molecular weight is 332 g/mol. The van der Waals surface area contributed by atoms with Gasteiger partial charge in [-0.2, -0.15) is 17.4 Å². The largest absolute Gasteiger partial charge is 0.481 e. The van der Waals surface area contributed by atoms with E-state index in [2.05, 4.69) is 4.72 Å². The Morgan fingerprint density at radius 3 is 2.71 bits per heavy atom. The molecule has 21 heavy (non-hydrogen) atoms. The third-order valence-electron chi connectivity index (χ3n) is 3.58. The van der Waals surface area contributed by atoms with E-state index in [4.69, 9.17) is 5.11 Å². The molecule has 1 aromatic heterocycles. The average Bonchev–Trinajstić information content (AvgIpc) is 2.90. The Balaban J connectivity index is 1.88. The quantitative estimate of drug-likeness (QED) is 0.822. The van der Waals surface area contributed by atoms with Crippen molar-refractivity contribution in [2.75, 3.05) is 13.1 Å². The zero-order valence-corrected chi connectivity index (χ0v) is 13.5. The summed E-state index contributed by atoms with van der Waals surface area (Å²) in [4.78, 5) is 12.0. The molecule has 0 radical (unpaired) electrons. The van der Waals surface area contributed by atoms with E-state index in [1.54, 1.807) is 11.3 Å². The molecule has 118 valence electrons. The van der Waals surface area contributed by atoms with E-state index in [-0.39, 0.29) is 19.1 Å². The van der Waals surface area contributed by atoms with Crippen LogP contribution in [0.15, 0.2) is 17.5 Å². The van der Waals surface area contributed by atoms with Gasteiger partial charge >= 0.3 is 5.97 Å². The van der Waals surface area contributed by atoms with Gasteiger partial charge in [-0.3, -0.25) is 4.79 Å². The SMILES string of the molecule is CC(Cc1cccs1)NS(=O)(=O)N1CCC(C(=O)O)CC1. The van der Waals surface area contributed by atoms with Crippen LogP contribution in [0.25, 0.3) is 0 Å². The number of piperidine rings is 1. The monoisotopic (exact) mass is 332 g/mol. The minimum absolute atomic E-state index is 0.189. The van der Waals surface area contributed by atoms with Crippen LogP contribution in [0.5, 0.6) is 0 Å². The van der Waals surface area contributed by atoms with Crippen molar-refractivity contribution >= 4 is 27.5 Å². The van der Waals surface area contributed by atoms with Gasteiger partial charge in [0, 0.05) is 24.0 Å². The maximum absolute atomic E-state index is 12.3. The highest BCUT2D eigenvalue weighted by Gasteiger charge is 2.31. The van der Waals surface area contributed by atoms with E-state index in [1.807, 2.05) is 24.4 Å². The molecule has 0 aliphatic carbocycles. The zero-order chi connectivity index (χ0) is 15.5. The lowest BCUT2D eigenvalue weighted by atomic mass is 9.99. The first-order valence-corrected chi connectivity index (χ1v) is 9.23. The molecule has 1 aliphatic rings. The predicted octanol–water partition coefficient (Wildman–Crippen LogP) is 1.31. The highest BCUT2D eigenvalue weighted by molar-refractivity contribution is 7.87. The molecule has 1 fully saturated rings. The van der Waals surface area contributed by atoms with Gasteiger partial charge in [0.2, 0.25) is 0 Å². The molecule has 1 aliphatic heterocycles. The molecule has 0 saturated carbocycles. The number of hydrogen-bond donors (Lipinski definition) is 2. The van der Waals surface area contributed by atoms with Gasteiger partial charge in [0.1, 0.15) is 0 Å². The maximum Gasteiger partial charge on any atom is 0.306 e. The first-order valence-electron chi connectivity index (χ1n) is 6.91. The normalized spacial score (nSPS) is 19.5. The van der Waals surface area contributed by atoms with Crippen molar-refractivity contribution < 1.29 is 18.3 Å². The number of rotatable bonds is 6. The second-order valence-corrected chi connectivity index (χ2v) is 8.05. The Morgan fingerprint density at radius 1 is 1.52 bits per heavy atom. The van der Waals surface area contributed by atoms with Crippen LogP contribution in [0.4, 0.5) is 0 Å². The molecule has 0 spiro atoms. The van der Waals surface area contributed by atoms with Crippen LogP contribution >= 0.6 is 11.3 Å². The van der Waals surface area contributed by atoms with Crippen molar-refractivity contribution in [2.24, 2.45) is 5.92 Å². The minimum atomic E-state index is -3.54. The Kier molecular flexibility index (Phi) is 5.37. The molecule has 1 unspecified atom stereocenters. The van der Waals surface area contributed by atoms with E-state index >= 15 is 0 Å². The molecule has 2 rings (SSSR count). The number of hydrogen-bond acceptors (Lipinski definition) is 4. The van der Waals surface area contributed by atoms with Gasteiger partial charge < -0.3 is 5.11 Å². The van der Waals surface area contributed by atoms with E-state index in [0.717, 1.165) is 4.88 Å². The Morgan fingerprint density at radius 2 is 2.19 bits per heavy atom. The van der Waals surface area contributed by atoms with Crippen LogP contribution in [0.2, 0.25) is 0 Å². The molecular formula is C13H20N2O4S2. The summed E-state index contributed by atoms with van der Waals surface area (Å²) in [6.07, 6.45) is 1.40. The molecule has 2 heterocycles. The summed E-state index contributed by atoms with van der Waals surface area (Å²) in [5.74, 6) is -1.27. The van der Waals surface area contributed by atoms with Gasteiger partial charge in [-0.1, -0.05) is 6.07 Å². The fraction of sp³-hybridized carbons (Fsp3) is 0.615. The maximum atomic E-state index is 12.3. The molecule has 8 heteroatoms. The number of carboxylic acids is 1. The number of thiophene rings is 1. The van der Waals surface area contributed by atoms with Crippen molar-refractivity contribution in [2.45, 2.75) is 32.2 Å². The molecule has 6 nitrogen and oxygen atoms in total. The lowest BCUT2D eigenvalue weighted by Crippen LogP contribution is -2.48. The fourth-order valence-electron chi connectivity index (χ4n) is 2.44. The van der Waals surface area contributed by atoms with Gasteiger partial charge in [-0.15, -0.1) is 11.3 Å². The zero-order valence-electron chi connectivity index (χ0n) is 11.9. The third-order valence-corrected chi connectivity index (χ3v) is 6.22. The van der Waals surface area contributed by atoms with Crippen LogP contribution < -0.4 is 4.72 Å². The van der Waals surface area contributed by atoms with Gasteiger partial charge in [-0.05, 0) is 37.6 Å². The summed E-state index contributed by atoms with van der Waals surface area (Å²) in [6.45, 7) is 2.36. The molecule has 0 amide bonds. The second kappa shape index (κ2) is 6.87. The van der Waals surface area contributed by atoms with Crippen LogP contribution in [0, 0.1) is 5.92 Å². The Bertz CT molecular complexity index is 563. The lowest BCUT2D eigenvalue weighted by molar-refractivity contribution is -0.142. The molecule has 0 aromatic carbocycles. The van der Waals surface area contributed by atoms with Crippen molar-refractivity contribution in [3.05, 3.63) is 22.4 Å². The summed E-state index contributed by atoms with van der Waals surface area (Å²) in [7, 11) is -3.54. The minimum Gasteiger partial charge on any atom is -0.481 e. The van der Waals surface area contributed by atoms with Crippen LogP contribution in [0.3, 0.4) is 0 Å². The molecule has 1 saturated heterocycles. The third kappa shape index (κ3) is 4.50. The summed E-state index contributed by atoms with van der Waals surface area (Å²) < 4.78 is 28.6. The number of carbonyl (C=O) groups is 1. The van der Waals surface area contributed by atoms with Crippen LogP contribution in [-0.4, -0.2) is 42.9 Å². The molecule has 1 atom stereocenters. The topological polar surface area (TPSA) is 86.7 Å². The number of carboxylic acid groups (broad SMARTS) is 1. The van der Waals surface area contributed by atoms with Crippen molar-refractivity contribution in [1.29, 1.82) is 0 Å². The number of nitrogens with one attached hydrogen (secondary N) is 1. The number of nitrogens with zero attached hydrogens (tertiary/aromatic N) is 1. The highest BCUT2D eigenvalue weighted by Crippen LogP contribution is 2.19. The van der Waals surface area contributed by atoms with Crippen LogP contribution in [0.1, 0.15) is 24.6 Å². The Hall–Kier alpha value is -0.960. The molecular weight excluding hydrogens is 312 g/mol. The standard InChI is InChI=1S/C13H20N2O4S2/c1-10(9-12-3-2-8-20-12)14-21(18,19)15-6-4-11(5-7-15)13(16)17/h2-3,8,10-11,14H,4-7,9H2,1H3,(H,16,17). The number of aliphatic carboxylic acids is 1. The summed E-state index contributed by atoms with van der Waals surface area (Å²) in [5.41, 5.74) is 0. The second-order valence-electron chi connectivity index (χ2n) is 5.32. The van der Waals surface area contributed by atoms with E-state index in [0.29, 0.717) is 19.3 Å². The van der Waals surface area contributed by atoms with E-state index in [1.165, 1.54) is 4.31 Å². The highest BCUT2D eigenvalue weighted by atomic mass is 32.2. The van der Waals surface area contributed by atoms with Crippen molar-refractivity contribution in [3.8, 4) is 0 Å². The molecule has 1 aromatic rings.